The molecule has 4 aromatic rings. The van der Waals surface area contributed by atoms with Crippen molar-refractivity contribution in [3.63, 3.8) is 0 Å². The minimum Gasteiger partial charge on any atom is -0.855 e. The molecule has 2 aromatic heterocycles. The van der Waals surface area contributed by atoms with Gasteiger partial charge in [-0.25, -0.2) is 4.79 Å². The van der Waals surface area contributed by atoms with E-state index in [0.29, 0.717) is 28.9 Å². The van der Waals surface area contributed by atoms with Crippen molar-refractivity contribution in [3.8, 4) is 0 Å². The van der Waals surface area contributed by atoms with Crippen molar-refractivity contribution in [2.75, 3.05) is 25.6 Å². The molecular weight excluding hydrogens is 559 g/mol. The van der Waals surface area contributed by atoms with Gasteiger partial charge in [0, 0.05) is 15.5 Å². The number of nitrogens with two attached hydrogens (primary N) is 1. The molecule has 0 bridgehead atoms. The Balaban J connectivity index is 0.000000526. The number of halogens is 1. The number of aromatic nitrogens is 1. The topological polar surface area (TPSA) is 132 Å². The number of fused-ring (bicyclic) bond motifs is 2. The molecule has 0 aliphatic heterocycles. The second-order valence-electron chi connectivity index (χ2n) is 7.00. The Kier molecular flexibility index (Phi) is 18.9. The number of esters is 2. The van der Waals surface area contributed by atoms with E-state index in [1.54, 1.807) is 20.8 Å². The molecule has 0 radical (unpaired) electrons. The summed E-state index contributed by atoms with van der Waals surface area (Å²) in [6.45, 7) is 7.12. The van der Waals surface area contributed by atoms with Crippen LogP contribution in [0.1, 0.15) is 43.8 Å². The fourth-order valence-electron chi connectivity index (χ4n) is 2.68. The Bertz CT molecular complexity index is 1300. The zero-order chi connectivity index (χ0) is 27.8. The predicted octanol–water partition coefficient (Wildman–Crippen LogP) is 2.51. The molecule has 0 spiro atoms. The van der Waals surface area contributed by atoms with Crippen LogP contribution in [0.15, 0.2) is 48.5 Å². The van der Waals surface area contributed by atoms with Gasteiger partial charge in [-0.05, 0) is 44.4 Å². The first-order valence-corrected chi connectivity index (χ1v) is 13.3. The van der Waals surface area contributed by atoms with E-state index in [-0.39, 0.29) is 54.3 Å². The molecule has 0 aliphatic carbocycles. The quantitative estimate of drug-likeness (QED) is 0.214. The summed E-state index contributed by atoms with van der Waals surface area (Å²) >= 11 is 8.58. The summed E-state index contributed by atoms with van der Waals surface area (Å²) in [6.07, 6.45) is -0.103. The minimum absolute atomic E-state index is 0. The van der Waals surface area contributed by atoms with Crippen LogP contribution in [0.5, 0.6) is 0 Å². The first-order chi connectivity index (χ1) is 17.7. The number of nitrogen functional groups attached to an aromatic ring is 1. The average molecular weight is 589 g/mol. The van der Waals surface area contributed by atoms with Gasteiger partial charge >= 0.3 is 41.5 Å². The number of nitrogens with zero attached hydrogens (tertiary/aromatic N) is 1. The monoisotopic (exact) mass is 588 g/mol. The van der Waals surface area contributed by atoms with Gasteiger partial charge in [0.05, 0.1) is 23.6 Å². The van der Waals surface area contributed by atoms with Crippen LogP contribution in [0, 0.1) is 0 Å². The van der Waals surface area contributed by atoms with Gasteiger partial charge in [0.25, 0.3) is 0 Å². The molecule has 8 nitrogen and oxygen atoms in total. The Morgan fingerprint density at radius 2 is 1.47 bits per heavy atom. The molecule has 4 rings (SSSR count). The van der Waals surface area contributed by atoms with Crippen LogP contribution in [-0.4, -0.2) is 41.9 Å². The van der Waals surface area contributed by atoms with Crippen LogP contribution in [0.25, 0.3) is 20.2 Å². The molecule has 0 atom stereocenters. The third-order valence-corrected chi connectivity index (χ3v) is 6.51. The van der Waals surface area contributed by atoms with Gasteiger partial charge in [0.15, 0.2) is 5.15 Å². The number of Topliss-reactive ketones (excluding diaryl/α,β-unsaturated/α-hetero) is 1. The van der Waals surface area contributed by atoms with E-state index in [4.69, 9.17) is 27.2 Å². The van der Waals surface area contributed by atoms with Gasteiger partial charge in [-0.3, -0.25) is 9.59 Å². The predicted molar refractivity (Wildman–Crippen MR) is 149 cm³/mol. The summed E-state index contributed by atoms with van der Waals surface area (Å²) in [5.41, 5.74) is 6.40. The number of ketones is 1. The summed E-state index contributed by atoms with van der Waals surface area (Å²) in [4.78, 5) is 32.7. The molecule has 0 amide bonds. The van der Waals surface area contributed by atoms with Gasteiger partial charge in [-0.15, -0.1) is 17.9 Å². The van der Waals surface area contributed by atoms with Gasteiger partial charge in [-0.2, -0.15) is 4.37 Å². The number of thiophene rings is 1. The number of carbonyl (C=O) groups excluding carboxylic acids is 3. The van der Waals surface area contributed by atoms with E-state index in [9.17, 15) is 14.4 Å². The molecule has 38 heavy (non-hydrogen) atoms. The first-order valence-electron chi connectivity index (χ1n) is 11.4. The number of hydrogen-bond donors (Lipinski definition) is 1. The minimum atomic E-state index is -0.440. The van der Waals surface area contributed by atoms with Crippen molar-refractivity contribution < 1.29 is 58.5 Å². The summed E-state index contributed by atoms with van der Waals surface area (Å²) in [6, 6.07) is 15.6. The smallest absolute Gasteiger partial charge is 0.855 e. The third kappa shape index (κ3) is 12.2. The normalized spacial score (nSPS) is 9.42. The van der Waals surface area contributed by atoms with Crippen LogP contribution in [0.4, 0.5) is 5.69 Å². The molecule has 2 heterocycles. The Morgan fingerprint density at radius 3 is 1.97 bits per heavy atom. The largest absolute Gasteiger partial charge is 1.00 e. The summed E-state index contributed by atoms with van der Waals surface area (Å²) in [5.74, 6) is -0.936. The average Bonchev–Trinajstić information content (AvgIpc) is 3.41. The van der Waals surface area contributed by atoms with Crippen LogP contribution in [-0.2, 0) is 19.1 Å². The standard InChI is InChI=1S/C11H11NO2S.C7H4ClNS.C6H10O3.C2H5O.Na/c1-2-14-11(13)10-9(12)7-5-3-4-6-8(7)15-10;8-7-5-3-1-2-4-6(5)10-9-7;1-3-9-6(8)4-5(2)7;1-2-3;/h3-6H,2,12H2,1H3;1-4H;3-4H2,1-2H3;2H2,1H3;/q;;;-1;+1. The Morgan fingerprint density at radius 1 is 0.947 bits per heavy atom. The van der Waals surface area contributed by atoms with E-state index in [2.05, 4.69) is 9.11 Å². The number of anilines is 1. The molecule has 12 heteroatoms. The number of hydrogen-bond acceptors (Lipinski definition) is 10. The summed E-state index contributed by atoms with van der Waals surface area (Å²) in [5, 5.41) is 11.5. The van der Waals surface area contributed by atoms with Gasteiger partial charge in [-0.1, -0.05) is 54.9 Å². The second-order valence-corrected chi connectivity index (χ2v) is 9.22. The van der Waals surface area contributed by atoms with E-state index in [1.807, 2.05) is 48.5 Å². The van der Waals surface area contributed by atoms with Crippen LogP contribution in [0.2, 0.25) is 5.15 Å². The maximum absolute atomic E-state index is 11.5. The van der Waals surface area contributed by atoms with Crippen molar-refractivity contribution in [1.29, 1.82) is 0 Å². The van der Waals surface area contributed by atoms with E-state index >= 15 is 0 Å². The van der Waals surface area contributed by atoms with Crippen molar-refractivity contribution in [2.45, 2.75) is 34.1 Å². The molecule has 0 saturated carbocycles. The number of carbonyl (C=O) groups is 3. The number of rotatable bonds is 5. The maximum Gasteiger partial charge on any atom is 1.00 e. The second kappa shape index (κ2) is 19.9. The fourth-order valence-corrected chi connectivity index (χ4v) is 4.70. The van der Waals surface area contributed by atoms with Crippen molar-refractivity contribution >= 4 is 78.1 Å². The molecule has 0 saturated heterocycles. The summed E-state index contributed by atoms with van der Waals surface area (Å²) < 4.78 is 15.6. The Hall–Kier alpha value is -2.05. The van der Waals surface area contributed by atoms with Crippen molar-refractivity contribution in [2.24, 2.45) is 0 Å². The number of ether oxygens (including phenoxy) is 2. The molecule has 200 valence electrons. The van der Waals surface area contributed by atoms with Crippen molar-refractivity contribution in [3.05, 3.63) is 58.6 Å². The zero-order valence-corrected chi connectivity index (χ0v) is 26.5. The van der Waals surface area contributed by atoms with Crippen LogP contribution >= 0.6 is 34.5 Å². The Labute approximate surface area is 257 Å². The SMILES string of the molecule is CCOC(=O)CC(C)=O.CCOC(=O)c1sc2ccccc2c1N.CC[O-].Clc1nsc2ccccc12.[Na+]. The van der Waals surface area contributed by atoms with Crippen LogP contribution in [0.3, 0.4) is 0 Å². The number of benzene rings is 2. The van der Waals surface area contributed by atoms with Crippen molar-refractivity contribution in [1.82, 2.24) is 4.37 Å². The maximum atomic E-state index is 11.5. The van der Waals surface area contributed by atoms with Gasteiger partial charge in [0.1, 0.15) is 17.1 Å². The molecule has 0 fully saturated rings. The molecule has 0 aliphatic rings. The van der Waals surface area contributed by atoms with Gasteiger partial charge < -0.3 is 20.3 Å². The van der Waals surface area contributed by atoms with E-state index in [1.165, 1.54) is 29.8 Å². The first kappa shape index (κ1) is 35.9. The fraction of sp³-hybridized carbons (Fsp3) is 0.308. The molecule has 0 unspecified atom stereocenters. The molecule has 2 aromatic carbocycles. The zero-order valence-electron chi connectivity index (χ0n) is 22.1. The molecule has 2 N–H and O–H groups in total. The summed E-state index contributed by atoms with van der Waals surface area (Å²) in [7, 11) is 0. The van der Waals surface area contributed by atoms with Crippen LogP contribution < -0.4 is 40.4 Å². The van der Waals surface area contributed by atoms with E-state index < -0.39 is 5.97 Å². The molecular formula is C26H30ClN2NaO6S2. The van der Waals surface area contributed by atoms with Gasteiger partial charge in [0.2, 0.25) is 0 Å². The van der Waals surface area contributed by atoms with E-state index in [0.717, 1.165) is 20.2 Å². The third-order valence-electron chi connectivity index (χ3n) is 4.13.